The maximum atomic E-state index is 5.47. The van der Waals surface area contributed by atoms with Gasteiger partial charge in [-0.05, 0) is 48.7 Å². The first kappa shape index (κ1) is 15.2. The summed E-state index contributed by atoms with van der Waals surface area (Å²) in [4.78, 5) is 2.25. The van der Waals surface area contributed by atoms with Gasteiger partial charge in [0.05, 0.1) is 6.54 Å². The number of nitrogens with zero attached hydrogens (tertiary/aromatic N) is 1. The second-order valence-corrected chi connectivity index (χ2v) is 5.37. The molecule has 0 spiro atoms. The van der Waals surface area contributed by atoms with Crippen LogP contribution in [0.25, 0.3) is 0 Å². The summed E-state index contributed by atoms with van der Waals surface area (Å²) in [7, 11) is 2.11. The first-order valence-corrected chi connectivity index (χ1v) is 7.16. The van der Waals surface area contributed by atoms with E-state index in [2.05, 4.69) is 68.0 Å². The number of hydrogen-bond acceptors (Lipinski definition) is 2. The molecule has 0 amide bonds. The molecule has 0 heterocycles. The van der Waals surface area contributed by atoms with Gasteiger partial charge in [0.25, 0.3) is 0 Å². The third-order valence-corrected chi connectivity index (χ3v) is 3.40. The average molecular weight is 278 g/mol. The van der Waals surface area contributed by atoms with Crippen LogP contribution >= 0.6 is 0 Å². The Morgan fingerprint density at radius 2 is 1.71 bits per heavy atom. The van der Waals surface area contributed by atoms with Gasteiger partial charge >= 0.3 is 0 Å². The SMILES string of the molecule is Cc1cc(C)cc(N(C)Cc2ccccc2C#CCN)c1. The summed E-state index contributed by atoms with van der Waals surface area (Å²) in [6, 6.07) is 14.9. The third kappa shape index (κ3) is 4.11. The molecular weight excluding hydrogens is 256 g/mol. The summed E-state index contributed by atoms with van der Waals surface area (Å²) in [5, 5.41) is 0. The van der Waals surface area contributed by atoms with Crippen molar-refractivity contribution in [1.82, 2.24) is 0 Å². The molecule has 108 valence electrons. The highest BCUT2D eigenvalue weighted by Crippen LogP contribution is 2.20. The fraction of sp³-hybridized carbons (Fsp3) is 0.263. The number of anilines is 1. The van der Waals surface area contributed by atoms with Gasteiger partial charge in [0.1, 0.15) is 0 Å². The normalized spacial score (nSPS) is 9.90. The van der Waals surface area contributed by atoms with Crippen LogP contribution in [-0.4, -0.2) is 13.6 Å². The zero-order valence-corrected chi connectivity index (χ0v) is 13.0. The van der Waals surface area contributed by atoms with Crippen LogP contribution in [0.5, 0.6) is 0 Å². The van der Waals surface area contributed by atoms with Crippen molar-refractivity contribution in [3.8, 4) is 11.8 Å². The topological polar surface area (TPSA) is 29.3 Å². The Labute approximate surface area is 127 Å². The predicted molar refractivity (Wildman–Crippen MR) is 90.4 cm³/mol. The van der Waals surface area contributed by atoms with Gasteiger partial charge in [-0.25, -0.2) is 0 Å². The number of hydrogen-bond donors (Lipinski definition) is 1. The van der Waals surface area contributed by atoms with E-state index in [0.29, 0.717) is 6.54 Å². The molecule has 0 fully saturated rings. The molecule has 0 saturated heterocycles. The molecule has 0 unspecified atom stereocenters. The van der Waals surface area contributed by atoms with Crippen molar-refractivity contribution in [3.05, 3.63) is 64.7 Å². The molecule has 0 aliphatic heterocycles. The molecule has 2 heteroatoms. The summed E-state index contributed by atoms with van der Waals surface area (Å²) in [6.45, 7) is 5.48. The average Bonchev–Trinajstić information content (AvgIpc) is 2.45. The minimum absolute atomic E-state index is 0.390. The standard InChI is InChI=1S/C19H22N2/c1-15-11-16(2)13-19(12-15)21(3)14-18-8-5-4-7-17(18)9-6-10-20/h4-5,7-8,11-13H,10,14,20H2,1-3H3. The highest BCUT2D eigenvalue weighted by molar-refractivity contribution is 5.52. The molecule has 0 aromatic heterocycles. The second-order valence-electron chi connectivity index (χ2n) is 5.37. The van der Waals surface area contributed by atoms with E-state index in [1.807, 2.05) is 12.1 Å². The minimum atomic E-state index is 0.390. The lowest BCUT2D eigenvalue weighted by Crippen LogP contribution is -2.17. The fourth-order valence-electron chi connectivity index (χ4n) is 2.44. The Balaban J connectivity index is 2.25. The van der Waals surface area contributed by atoms with Gasteiger partial charge in [0, 0.05) is 24.8 Å². The number of rotatable bonds is 3. The van der Waals surface area contributed by atoms with Crippen molar-refractivity contribution in [2.24, 2.45) is 5.73 Å². The lowest BCUT2D eigenvalue weighted by atomic mass is 10.1. The Morgan fingerprint density at radius 3 is 2.38 bits per heavy atom. The van der Waals surface area contributed by atoms with Crippen LogP contribution in [0.1, 0.15) is 22.3 Å². The van der Waals surface area contributed by atoms with Gasteiger partial charge in [0.2, 0.25) is 0 Å². The molecule has 21 heavy (non-hydrogen) atoms. The van der Waals surface area contributed by atoms with Gasteiger partial charge in [-0.1, -0.05) is 36.1 Å². The number of nitrogens with two attached hydrogens (primary N) is 1. The maximum absolute atomic E-state index is 5.47. The maximum Gasteiger partial charge on any atom is 0.0555 e. The zero-order chi connectivity index (χ0) is 15.2. The van der Waals surface area contributed by atoms with Crippen LogP contribution in [0.4, 0.5) is 5.69 Å². The van der Waals surface area contributed by atoms with Crippen LogP contribution in [-0.2, 0) is 6.54 Å². The Morgan fingerprint density at radius 1 is 1.05 bits per heavy atom. The molecule has 0 atom stereocenters. The van der Waals surface area contributed by atoms with Gasteiger partial charge in [0.15, 0.2) is 0 Å². The summed E-state index contributed by atoms with van der Waals surface area (Å²) in [5.74, 6) is 6.09. The Bertz CT molecular complexity index is 657. The quantitative estimate of drug-likeness (QED) is 0.873. The van der Waals surface area contributed by atoms with Crippen LogP contribution in [0, 0.1) is 25.7 Å². The van der Waals surface area contributed by atoms with Crippen molar-refractivity contribution < 1.29 is 0 Å². The van der Waals surface area contributed by atoms with Crippen molar-refractivity contribution in [3.63, 3.8) is 0 Å². The van der Waals surface area contributed by atoms with E-state index < -0.39 is 0 Å². The van der Waals surface area contributed by atoms with Gasteiger partial charge in [-0.15, -0.1) is 0 Å². The van der Waals surface area contributed by atoms with E-state index in [4.69, 9.17) is 5.73 Å². The zero-order valence-electron chi connectivity index (χ0n) is 13.0. The van der Waals surface area contributed by atoms with Gasteiger partial charge < -0.3 is 10.6 Å². The molecule has 0 aliphatic carbocycles. The molecule has 0 saturated carbocycles. The molecular formula is C19H22N2. The van der Waals surface area contributed by atoms with Crippen LogP contribution in [0.2, 0.25) is 0 Å². The Kier molecular flexibility index (Phi) is 5.03. The highest BCUT2D eigenvalue weighted by atomic mass is 15.1. The third-order valence-electron chi connectivity index (χ3n) is 3.40. The van der Waals surface area contributed by atoms with E-state index in [9.17, 15) is 0 Å². The lowest BCUT2D eigenvalue weighted by molar-refractivity contribution is 0.918. The molecule has 2 nitrogen and oxygen atoms in total. The molecule has 0 radical (unpaired) electrons. The number of aryl methyl sites for hydroxylation is 2. The fourth-order valence-corrected chi connectivity index (χ4v) is 2.44. The largest absolute Gasteiger partial charge is 0.370 e. The van der Waals surface area contributed by atoms with E-state index in [1.165, 1.54) is 22.4 Å². The predicted octanol–water partition coefficient (Wildman–Crippen LogP) is 3.25. The van der Waals surface area contributed by atoms with E-state index in [1.54, 1.807) is 0 Å². The van der Waals surface area contributed by atoms with Crippen LogP contribution < -0.4 is 10.6 Å². The monoisotopic (exact) mass is 278 g/mol. The van der Waals surface area contributed by atoms with Crippen molar-refractivity contribution in [1.29, 1.82) is 0 Å². The highest BCUT2D eigenvalue weighted by Gasteiger charge is 2.06. The van der Waals surface area contributed by atoms with Crippen LogP contribution in [0.3, 0.4) is 0 Å². The van der Waals surface area contributed by atoms with Gasteiger partial charge in [-0.2, -0.15) is 0 Å². The molecule has 2 aromatic carbocycles. The smallest absolute Gasteiger partial charge is 0.0555 e. The molecule has 0 aliphatic rings. The van der Waals surface area contributed by atoms with Crippen LogP contribution in [0.15, 0.2) is 42.5 Å². The second kappa shape index (κ2) is 6.97. The molecule has 2 aromatic rings. The summed E-state index contributed by atoms with van der Waals surface area (Å²) >= 11 is 0. The molecule has 2 rings (SSSR count). The lowest BCUT2D eigenvalue weighted by Gasteiger charge is -2.21. The van der Waals surface area contributed by atoms with Crippen molar-refractivity contribution in [2.45, 2.75) is 20.4 Å². The summed E-state index contributed by atoms with van der Waals surface area (Å²) in [6.07, 6.45) is 0. The molecule has 2 N–H and O–H groups in total. The first-order valence-electron chi connectivity index (χ1n) is 7.16. The van der Waals surface area contributed by atoms with E-state index >= 15 is 0 Å². The Hall–Kier alpha value is -2.24. The van der Waals surface area contributed by atoms with E-state index in [-0.39, 0.29) is 0 Å². The minimum Gasteiger partial charge on any atom is -0.370 e. The summed E-state index contributed by atoms with van der Waals surface area (Å²) in [5.41, 5.74) is 11.5. The van der Waals surface area contributed by atoms with E-state index in [0.717, 1.165) is 12.1 Å². The van der Waals surface area contributed by atoms with Gasteiger partial charge in [-0.3, -0.25) is 0 Å². The molecule has 0 bridgehead atoms. The van der Waals surface area contributed by atoms with Crippen molar-refractivity contribution in [2.75, 3.05) is 18.5 Å². The first-order chi connectivity index (χ1) is 10.1. The summed E-state index contributed by atoms with van der Waals surface area (Å²) < 4.78 is 0. The van der Waals surface area contributed by atoms with Crippen molar-refractivity contribution >= 4 is 5.69 Å². The number of benzene rings is 2.